The summed E-state index contributed by atoms with van der Waals surface area (Å²) in [5.41, 5.74) is 2.69. The van der Waals surface area contributed by atoms with Gasteiger partial charge in [0, 0.05) is 29.1 Å². The first kappa shape index (κ1) is 28.0. The first-order valence-electron chi connectivity index (χ1n) is 13.2. The lowest BCUT2D eigenvalue weighted by atomic mass is 9.94. The summed E-state index contributed by atoms with van der Waals surface area (Å²) in [6, 6.07) is 21.9. The number of halogens is 2. The van der Waals surface area contributed by atoms with Crippen molar-refractivity contribution in [2.45, 2.75) is 64.1 Å². The maximum atomic E-state index is 13.8. The summed E-state index contributed by atoms with van der Waals surface area (Å²) in [6.07, 6.45) is 5.73. The number of amides is 2. The van der Waals surface area contributed by atoms with E-state index in [1.165, 1.54) is 6.42 Å². The lowest BCUT2D eigenvalue weighted by Gasteiger charge is -2.33. The van der Waals surface area contributed by atoms with Crippen LogP contribution < -0.4 is 10.1 Å². The highest BCUT2D eigenvalue weighted by molar-refractivity contribution is 6.31. The van der Waals surface area contributed by atoms with Crippen molar-refractivity contribution in [2.24, 2.45) is 0 Å². The smallest absolute Gasteiger partial charge is 0.261 e. The van der Waals surface area contributed by atoms with E-state index in [4.69, 9.17) is 27.9 Å². The number of nitrogens with one attached hydrogen (secondary N) is 1. The minimum atomic E-state index is -0.707. The summed E-state index contributed by atoms with van der Waals surface area (Å²) < 4.78 is 5.87. The number of benzene rings is 3. The number of hydrogen-bond donors (Lipinski definition) is 1. The molecule has 1 aliphatic carbocycles. The van der Waals surface area contributed by atoms with E-state index < -0.39 is 6.04 Å². The molecular weight excluding hydrogens is 519 g/mol. The third-order valence-electron chi connectivity index (χ3n) is 6.96. The van der Waals surface area contributed by atoms with Gasteiger partial charge < -0.3 is 15.0 Å². The van der Waals surface area contributed by atoms with Crippen LogP contribution >= 0.6 is 23.2 Å². The van der Waals surface area contributed by atoms with Crippen molar-refractivity contribution in [1.29, 1.82) is 0 Å². The second kappa shape index (κ2) is 13.7. The molecular formula is C31H34Cl2N2O3. The van der Waals surface area contributed by atoms with Gasteiger partial charge in [0.1, 0.15) is 11.8 Å². The fourth-order valence-corrected chi connectivity index (χ4v) is 5.20. The zero-order valence-corrected chi connectivity index (χ0v) is 23.2. The minimum Gasteiger partial charge on any atom is -0.484 e. The summed E-state index contributed by atoms with van der Waals surface area (Å²) in [7, 11) is 0. The average Bonchev–Trinajstić information content (AvgIpc) is 2.92. The van der Waals surface area contributed by atoms with Crippen molar-refractivity contribution >= 4 is 35.0 Å². The van der Waals surface area contributed by atoms with E-state index in [2.05, 4.69) is 5.32 Å². The molecule has 1 atom stereocenters. The zero-order valence-electron chi connectivity index (χ0n) is 21.7. The van der Waals surface area contributed by atoms with Crippen molar-refractivity contribution in [1.82, 2.24) is 10.2 Å². The van der Waals surface area contributed by atoms with Crippen molar-refractivity contribution in [3.63, 3.8) is 0 Å². The van der Waals surface area contributed by atoms with E-state index in [-0.39, 0.29) is 31.0 Å². The van der Waals surface area contributed by atoms with Gasteiger partial charge >= 0.3 is 0 Å². The van der Waals surface area contributed by atoms with E-state index in [1.54, 1.807) is 29.2 Å². The van der Waals surface area contributed by atoms with Crippen molar-refractivity contribution in [3.8, 4) is 5.75 Å². The molecule has 0 aliphatic heterocycles. The van der Waals surface area contributed by atoms with Crippen LogP contribution in [-0.2, 0) is 22.6 Å². The highest BCUT2D eigenvalue weighted by Crippen LogP contribution is 2.23. The second-order valence-corrected chi connectivity index (χ2v) is 10.7. The lowest BCUT2D eigenvalue weighted by molar-refractivity contribution is -0.143. The maximum Gasteiger partial charge on any atom is 0.261 e. The van der Waals surface area contributed by atoms with Gasteiger partial charge in [-0.3, -0.25) is 9.59 Å². The van der Waals surface area contributed by atoms with E-state index >= 15 is 0 Å². The van der Waals surface area contributed by atoms with Crippen LogP contribution in [0.2, 0.25) is 10.0 Å². The summed E-state index contributed by atoms with van der Waals surface area (Å²) >= 11 is 12.4. The Hall–Kier alpha value is -3.02. The van der Waals surface area contributed by atoms with Gasteiger partial charge in [-0.2, -0.15) is 0 Å². The second-order valence-electron chi connectivity index (χ2n) is 9.90. The van der Waals surface area contributed by atoms with Crippen LogP contribution in [0.4, 0.5) is 0 Å². The number of carbonyl (C=O) groups excluding carboxylic acids is 2. The number of ether oxygens (including phenoxy) is 1. The molecule has 0 bridgehead atoms. The third-order valence-corrected chi connectivity index (χ3v) is 7.62. The first-order chi connectivity index (χ1) is 18.4. The van der Waals surface area contributed by atoms with Gasteiger partial charge in [-0.05, 0) is 66.8 Å². The fraction of sp³-hybridized carbons (Fsp3) is 0.355. The topological polar surface area (TPSA) is 58.6 Å². The van der Waals surface area contributed by atoms with Gasteiger partial charge in [0.2, 0.25) is 5.91 Å². The normalized spacial score (nSPS) is 14.5. The summed E-state index contributed by atoms with van der Waals surface area (Å²) in [6.45, 7) is 1.91. The highest BCUT2D eigenvalue weighted by Gasteiger charge is 2.32. The summed E-state index contributed by atoms with van der Waals surface area (Å²) in [4.78, 5) is 29.2. The van der Waals surface area contributed by atoms with Gasteiger partial charge in [0.15, 0.2) is 6.61 Å². The molecule has 4 rings (SSSR count). The molecule has 0 aromatic heterocycles. The molecule has 3 aromatic carbocycles. The van der Waals surface area contributed by atoms with Gasteiger partial charge in [0.05, 0.1) is 0 Å². The van der Waals surface area contributed by atoms with Gasteiger partial charge in [-0.25, -0.2) is 0 Å². The molecule has 1 fully saturated rings. The van der Waals surface area contributed by atoms with E-state index in [1.807, 2.05) is 55.5 Å². The summed E-state index contributed by atoms with van der Waals surface area (Å²) in [5, 5.41) is 4.46. The number of hydrogen-bond acceptors (Lipinski definition) is 3. The maximum absolute atomic E-state index is 13.8. The van der Waals surface area contributed by atoms with Crippen molar-refractivity contribution in [3.05, 3.63) is 99.5 Å². The standard InChI is InChI=1S/C31H34Cl2N2O3/c1-22-17-27(15-16-28(22)33)38-21-30(36)35(20-24-11-8-12-25(32)18-24)29(19-23-9-4-2-5-10-23)31(37)34-26-13-6-3-7-14-26/h2,4-5,8-12,15-18,26,29H,3,6-7,13-14,19-21H2,1H3,(H,34,37)/t29-/m0/s1. The average molecular weight is 554 g/mol. The number of nitrogens with zero attached hydrogens (tertiary/aromatic N) is 1. The SMILES string of the molecule is Cc1cc(OCC(=O)N(Cc2cccc(Cl)c2)[C@@H](Cc2ccccc2)C(=O)NC2CCCCC2)ccc1Cl. The van der Waals surface area contributed by atoms with E-state index in [9.17, 15) is 9.59 Å². The van der Waals surface area contributed by atoms with Crippen LogP contribution in [0.1, 0.15) is 48.8 Å². The van der Waals surface area contributed by atoms with E-state index in [0.717, 1.165) is 42.4 Å². The zero-order chi connectivity index (χ0) is 26.9. The Kier molecular flexibility index (Phi) is 10.1. The Morgan fingerprint density at radius 1 is 0.947 bits per heavy atom. The number of aryl methyl sites for hydroxylation is 1. The van der Waals surface area contributed by atoms with Crippen molar-refractivity contribution in [2.75, 3.05) is 6.61 Å². The molecule has 0 saturated heterocycles. The van der Waals surface area contributed by atoms with Crippen LogP contribution in [0, 0.1) is 6.92 Å². The number of rotatable bonds is 10. The predicted octanol–water partition coefficient (Wildman–Crippen LogP) is 6.77. The molecule has 1 aliphatic rings. The predicted molar refractivity (Wildman–Crippen MR) is 153 cm³/mol. The molecule has 1 N–H and O–H groups in total. The molecule has 38 heavy (non-hydrogen) atoms. The Balaban J connectivity index is 1.61. The molecule has 0 unspecified atom stereocenters. The Morgan fingerprint density at radius 2 is 1.68 bits per heavy atom. The fourth-order valence-electron chi connectivity index (χ4n) is 4.87. The lowest BCUT2D eigenvalue weighted by Crippen LogP contribution is -2.53. The molecule has 1 saturated carbocycles. The molecule has 0 spiro atoms. The molecule has 0 radical (unpaired) electrons. The first-order valence-corrected chi connectivity index (χ1v) is 13.9. The molecule has 2 amide bonds. The van der Waals surface area contributed by atoms with Gasteiger partial charge in [0.25, 0.3) is 5.91 Å². The molecule has 200 valence electrons. The van der Waals surface area contributed by atoms with Gasteiger partial charge in [-0.15, -0.1) is 0 Å². The van der Waals surface area contributed by atoms with Crippen molar-refractivity contribution < 1.29 is 14.3 Å². The highest BCUT2D eigenvalue weighted by atomic mass is 35.5. The quantitative estimate of drug-likeness (QED) is 0.302. The minimum absolute atomic E-state index is 0.130. The molecule has 7 heteroatoms. The van der Waals surface area contributed by atoms with Crippen LogP contribution in [0.25, 0.3) is 0 Å². The van der Waals surface area contributed by atoms with Crippen LogP contribution in [-0.4, -0.2) is 35.4 Å². The summed E-state index contributed by atoms with van der Waals surface area (Å²) in [5.74, 6) is 0.130. The van der Waals surface area contributed by atoms with Crippen LogP contribution in [0.15, 0.2) is 72.8 Å². The molecule has 3 aromatic rings. The molecule has 5 nitrogen and oxygen atoms in total. The Morgan fingerprint density at radius 3 is 2.39 bits per heavy atom. The number of carbonyl (C=O) groups is 2. The third kappa shape index (κ3) is 7.99. The largest absolute Gasteiger partial charge is 0.484 e. The molecule has 0 heterocycles. The Labute approximate surface area is 235 Å². The monoisotopic (exact) mass is 552 g/mol. The Bertz CT molecular complexity index is 1230. The van der Waals surface area contributed by atoms with Crippen LogP contribution in [0.5, 0.6) is 5.75 Å². The van der Waals surface area contributed by atoms with E-state index in [0.29, 0.717) is 22.2 Å². The van der Waals surface area contributed by atoms with Gasteiger partial charge in [-0.1, -0.05) is 84.9 Å². The van der Waals surface area contributed by atoms with Crippen LogP contribution in [0.3, 0.4) is 0 Å².